The largest absolute Gasteiger partial charge is 0.390 e. The van der Waals surface area contributed by atoms with E-state index >= 15 is 0 Å². The summed E-state index contributed by atoms with van der Waals surface area (Å²) in [5, 5.41) is 13.8. The Kier molecular flexibility index (Phi) is 7.28. The average Bonchev–Trinajstić information content (AvgIpc) is 3.19. The number of anilines is 3. The molecule has 1 fully saturated rings. The van der Waals surface area contributed by atoms with Gasteiger partial charge in [-0.25, -0.2) is 19.3 Å². The number of hydrogen-bond donors (Lipinski definition) is 2. The normalized spacial score (nSPS) is 13.9. The van der Waals surface area contributed by atoms with E-state index < -0.39 is 5.60 Å². The second-order valence-electron chi connectivity index (χ2n) is 10.5. The van der Waals surface area contributed by atoms with Gasteiger partial charge in [-0.1, -0.05) is 12.0 Å². The zero-order chi connectivity index (χ0) is 28.4. The Bertz CT molecular complexity index is 1640. The Morgan fingerprint density at radius 3 is 2.48 bits per heavy atom. The number of amides is 1. The lowest BCUT2D eigenvalue weighted by atomic mass is 10.0. The number of nitrogens with one attached hydrogen (secondary N) is 1. The molecule has 0 spiro atoms. The number of rotatable bonds is 7. The summed E-state index contributed by atoms with van der Waals surface area (Å²) in [6, 6.07) is 13.3. The van der Waals surface area contributed by atoms with Crippen LogP contribution in [0.1, 0.15) is 26.5 Å². The summed E-state index contributed by atoms with van der Waals surface area (Å²) in [7, 11) is 0. The van der Waals surface area contributed by atoms with Gasteiger partial charge in [-0.05, 0) is 50.2 Å². The molecule has 3 aromatic heterocycles. The predicted octanol–water partition coefficient (Wildman–Crippen LogP) is 2.34. The first-order valence-corrected chi connectivity index (χ1v) is 13.1. The van der Waals surface area contributed by atoms with Gasteiger partial charge in [-0.15, -0.1) is 6.42 Å². The number of hydrogen-bond acceptors (Lipinski definition) is 8. The third kappa shape index (κ3) is 5.67. The van der Waals surface area contributed by atoms with Gasteiger partial charge in [0.25, 0.3) is 5.56 Å². The number of aromatic nitrogens is 5. The van der Waals surface area contributed by atoms with Gasteiger partial charge in [0, 0.05) is 62.8 Å². The third-order valence-corrected chi connectivity index (χ3v) is 6.75. The first-order valence-electron chi connectivity index (χ1n) is 13.1. The van der Waals surface area contributed by atoms with Gasteiger partial charge in [0.15, 0.2) is 11.5 Å². The molecule has 0 unspecified atom stereocenters. The van der Waals surface area contributed by atoms with Gasteiger partial charge >= 0.3 is 0 Å². The van der Waals surface area contributed by atoms with E-state index in [1.165, 1.54) is 10.9 Å². The van der Waals surface area contributed by atoms with Crippen LogP contribution in [0.2, 0.25) is 0 Å². The molecule has 11 heteroatoms. The smallest absolute Gasteiger partial charge is 0.279 e. The zero-order valence-electron chi connectivity index (χ0n) is 22.8. The number of benzene rings is 1. The van der Waals surface area contributed by atoms with Crippen molar-refractivity contribution in [1.29, 1.82) is 0 Å². The molecule has 0 bridgehead atoms. The van der Waals surface area contributed by atoms with Crippen molar-refractivity contribution in [3.8, 4) is 18.2 Å². The summed E-state index contributed by atoms with van der Waals surface area (Å²) < 4.78 is 3.00. The summed E-state index contributed by atoms with van der Waals surface area (Å²) in [6.07, 6.45) is 7.41. The van der Waals surface area contributed by atoms with E-state index in [4.69, 9.17) is 6.42 Å². The molecule has 1 amide bonds. The maximum Gasteiger partial charge on any atom is 0.279 e. The second-order valence-corrected chi connectivity index (χ2v) is 10.5. The lowest BCUT2D eigenvalue weighted by molar-refractivity contribution is -0.129. The lowest BCUT2D eigenvalue weighted by Crippen LogP contribution is -2.48. The summed E-state index contributed by atoms with van der Waals surface area (Å²) in [6.45, 7) is 8.04. The summed E-state index contributed by atoms with van der Waals surface area (Å²) in [5.74, 6) is 3.41. The Hall–Kier alpha value is -4.69. The van der Waals surface area contributed by atoms with Gasteiger partial charge in [0.1, 0.15) is 11.9 Å². The Morgan fingerprint density at radius 2 is 1.82 bits per heavy atom. The van der Waals surface area contributed by atoms with Crippen LogP contribution in [0.5, 0.6) is 0 Å². The molecule has 0 aliphatic carbocycles. The highest BCUT2D eigenvalue weighted by Gasteiger charge is 2.21. The summed E-state index contributed by atoms with van der Waals surface area (Å²) in [5.41, 5.74) is 1.63. The van der Waals surface area contributed by atoms with E-state index in [1.807, 2.05) is 41.3 Å². The van der Waals surface area contributed by atoms with E-state index in [9.17, 15) is 14.7 Å². The minimum Gasteiger partial charge on any atom is -0.390 e. The van der Waals surface area contributed by atoms with E-state index in [0.29, 0.717) is 48.0 Å². The summed E-state index contributed by atoms with van der Waals surface area (Å²) >= 11 is 0. The van der Waals surface area contributed by atoms with Crippen LogP contribution in [0, 0.1) is 12.3 Å². The van der Waals surface area contributed by atoms with Crippen molar-refractivity contribution in [2.75, 3.05) is 36.4 Å². The van der Waals surface area contributed by atoms with E-state index in [1.54, 1.807) is 31.5 Å². The first kappa shape index (κ1) is 26.9. The molecular formula is C29H32N8O3. The Morgan fingerprint density at radius 1 is 1.10 bits per heavy atom. The Labute approximate surface area is 232 Å². The maximum absolute atomic E-state index is 13.2. The van der Waals surface area contributed by atoms with Crippen molar-refractivity contribution in [3.63, 3.8) is 0 Å². The third-order valence-electron chi connectivity index (χ3n) is 6.75. The number of aliphatic hydroxyl groups is 1. The number of carbonyl (C=O) groups is 1. The number of piperazine rings is 1. The SMILES string of the molecule is C#CCn1c(=O)c2cnc(Nc3ccc(N4CCN(C(C)=O)CC4)cc3)nc2n1-c1cccc(CC(C)(C)O)n1. The highest BCUT2D eigenvalue weighted by molar-refractivity contribution is 5.77. The molecule has 0 saturated carbocycles. The number of pyridine rings is 1. The van der Waals surface area contributed by atoms with Gasteiger partial charge in [-0.2, -0.15) is 4.98 Å². The minimum absolute atomic E-state index is 0.0253. The monoisotopic (exact) mass is 540 g/mol. The number of fused-ring (bicyclic) bond motifs is 1. The standard InChI is InChI=1S/C29H32N8O3/c1-5-13-36-27(39)24-19-30-28(33-26(24)37(36)25-8-6-7-22(31-25)18-29(3,4)40)32-21-9-11-23(12-10-21)35-16-14-34(15-17-35)20(2)38/h1,6-12,19,40H,13-18H2,2-4H3,(H,30,32,33). The van der Waals surface area contributed by atoms with Crippen LogP contribution in [-0.2, 0) is 17.8 Å². The van der Waals surface area contributed by atoms with E-state index in [2.05, 4.69) is 31.1 Å². The van der Waals surface area contributed by atoms with Crippen LogP contribution < -0.4 is 15.8 Å². The zero-order valence-corrected chi connectivity index (χ0v) is 22.8. The van der Waals surface area contributed by atoms with Gasteiger partial charge in [0.05, 0.1) is 5.60 Å². The average molecular weight is 541 g/mol. The van der Waals surface area contributed by atoms with Crippen LogP contribution in [0.15, 0.2) is 53.5 Å². The first-order chi connectivity index (χ1) is 19.1. The molecule has 0 atom stereocenters. The number of carbonyl (C=O) groups excluding carboxylic acids is 1. The van der Waals surface area contributed by atoms with Crippen LogP contribution in [0.3, 0.4) is 0 Å². The fourth-order valence-corrected chi connectivity index (χ4v) is 4.84. The minimum atomic E-state index is -0.944. The molecule has 40 heavy (non-hydrogen) atoms. The lowest BCUT2D eigenvalue weighted by Gasteiger charge is -2.35. The highest BCUT2D eigenvalue weighted by atomic mass is 16.3. The number of terminal acetylenes is 1. The molecule has 1 aliphatic heterocycles. The van der Waals surface area contributed by atoms with Crippen LogP contribution in [0.4, 0.5) is 17.3 Å². The highest BCUT2D eigenvalue weighted by Crippen LogP contribution is 2.23. The predicted molar refractivity (Wildman–Crippen MR) is 154 cm³/mol. The number of nitrogens with zero attached hydrogens (tertiary/aromatic N) is 7. The topological polar surface area (TPSA) is 121 Å². The second kappa shape index (κ2) is 10.8. The molecule has 4 aromatic rings. The molecule has 1 aliphatic rings. The van der Waals surface area contributed by atoms with Crippen LogP contribution in [-0.4, -0.2) is 72.0 Å². The van der Waals surface area contributed by atoms with Gasteiger partial charge in [0.2, 0.25) is 11.9 Å². The summed E-state index contributed by atoms with van der Waals surface area (Å²) in [4.78, 5) is 42.6. The molecular weight excluding hydrogens is 508 g/mol. The molecule has 0 radical (unpaired) electrons. The van der Waals surface area contributed by atoms with Crippen molar-refractivity contribution in [1.82, 2.24) is 29.2 Å². The van der Waals surface area contributed by atoms with Crippen molar-refractivity contribution >= 4 is 34.3 Å². The molecule has 5 rings (SSSR count). The van der Waals surface area contributed by atoms with E-state index in [0.717, 1.165) is 24.5 Å². The molecule has 206 valence electrons. The fraction of sp³-hybridized carbons (Fsp3) is 0.345. The molecule has 1 aromatic carbocycles. The van der Waals surface area contributed by atoms with Crippen LogP contribution in [0.25, 0.3) is 16.9 Å². The van der Waals surface area contributed by atoms with Crippen molar-refractivity contribution in [3.05, 3.63) is 64.7 Å². The van der Waals surface area contributed by atoms with Crippen molar-refractivity contribution in [2.45, 2.75) is 39.3 Å². The van der Waals surface area contributed by atoms with Crippen molar-refractivity contribution < 1.29 is 9.90 Å². The van der Waals surface area contributed by atoms with E-state index in [-0.39, 0.29) is 18.0 Å². The van der Waals surface area contributed by atoms with Gasteiger partial charge in [-0.3, -0.25) is 9.59 Å². The van der Waals surface area contributed by atoms with Gasteiger partial charge < -0.3 is 20.2 Å². The molecule has 1 saturated heterocycles. The Balaban J connectivity index is 1.44. The van der Waals surface area contributed by atoms with Crippen LogP contribution >= 0.6 is 0 Å². The molecule has 2 N–H and O–H groups in total. The molecule has 11 nitrogen and oxygen atoms in total. The maximum atomic E-state index is 13.2. The van der Waals surface area contributed by atoms with Crippen molar-refractivity contribution in [2.24, 2.45) is 0 Å². The molecule has 4 heterocycles. The quantitative estimate of drug-likeness (QED) is 0.343. The fourth-order valence-electron chi connectivity index (χ4n) is 4.84.